The monoisotopic (exact) mass is 505 g/mol. The third-order valence-electron chi connectivity index (χ3n) is 7.80. The van der Waals surface area contributed by atoms with Gasteiger partial charge in [-0.2, -0.15) is 0 Å². The zero-order valence-electron chi connectivity index (χ0n) is 21.5. The summed E-state index contributed by atoms with van der Waals surface area (Å²) in [6.07, 6.45) is 0. The van der Waals surface area contributed by atoms with E-state index in [4.69, 9.17) is 9.47 Å². The van der Waals surface area contributed by atoms with Crippen LogP contribution >= 0.6 is 7.53 Å². The summed E-state index contributed by atoms with van der Waals surface area (Å²) < 4.78 is 13.1. The molecular formula is C32H30N2O2P+. The maximum absolute atomic E-state index is 6.55. The number of ether oxygens (including phenoxy) is 2. The van der Waals surface area contributed by atoms with E-state index < -0.39 is 7.53 Å². The second kappa shape index (κ2) is 8.68. The van der Waals surface area contributed by atoms with Crippen molar-refractivity contribution in [3.8, 4) is 27.9 Å². The van der Waals surface area contributed by atoms with E-state index in [0.717, 1.165) is 24.6 Å². The third-order valence-corrected chi connectivity index (χ3v) is 10.4. The Hall–Kier alpha value is -3.75. The smallest absolute Gasteiger partial charge is 0.206 e. The number of aryl methyl sites for hydroxylation is 1. The molecule has 0 atom stereocenters. The zero-order chi connectivity index (χ0) is 25.1. The van der Waals surface area contributed by atoms with Gasteiger partial charge < -0.3 is 19.3 Å². The van der Waals surface area contributed by atoms with Crippen molar-refractivity contribution in [2.24, 2.45) is 0 Å². The van der Waals surface area contributed by atoms with E-state index in [1.165, 1.54) is 54.4 Å². The predicted molar refractivity (Wildman–Crippen MR) is 158 cm³/mol. The highest BCUT2D eigenvalue weighted by Crippen LogP contribution is 2.63. The van der Waals surface area contributed by atoms with Crippen molar-refractivity contribution in [1.82, 2.24) is 0 Å². The lowest BCUT2D eigenvalue weighted by Gasteiger charge is -2.29. The fraction of sp³-hybridized carbons (Fsp3) is 0.219. The van der Waals surface area contributed by atoms with Gasteiger partial charge in [0.1, 0.15) is 13.2 Å². The molecule has 0 spiro atoms. The Morgan fingerprint density at radius 3 is 1.76 bits per heavy atom. The highest BCUT2D eigenvalue weighted by molar-refractivity contribution is 7.67. The van der Waals surface area contributed by atoms with Crippen LogP contribution in [-0.4, -0.2) is 40.4 Å². The van der Waals surface area contributed by atoms with Crippen molar-refractivity contribution < 1.29 is 9.47 Å². The van der Waals surface area contributed by atoms with Crippen molar-refractivity contribution in [1.29, 1.82) is 0 Å². The molecule has 184 valence electrons. The van der Waals surface area contributed by atoms with Crippen LogP contribution in [0.1, 0.15) is 5.56 Å². The van der Waals surface area contributed by atoms with Crippen molar-refractivity contribution in [3.05, 3.63) is 84.4 Å². The maximum Gasteiger partial charge on any atom is 0.206 e. The quantitative estimate of drug-likeness (QED) is 0.228. The minimum atomic E-state index is -0.917. The molecule has 0 amide bonds. The summed E-state index contributed by atoms with van der Waals surface area (Å²) in [7, 11) is 3.42. The fourth-order valence-corrected chi connectivity index (χ4v) is 8.73. The minimum Gasteiger partial charge on any atom is -0.485 e. The van der Waals surface area contributed by atoms with Crippen LogP contribution in [0.2, 0.25) is 0 Å². The second-order valence-electron chi connectivity index (χ2n) is 10.0. The van der Waals surface area contributed by atoms with Crippen LogP contribution in [-0.2, 0) is 0 Å². The van der Waals surface area contributed by atoms with Crippen LogP contribution in [0.4, 0.5) is 11.4 Å². The average Bonchev–Trinajstić information content (AvgIpc) is 2.93. The van der Waals surface area contributed by atoms with E-state index in [1.54, 1.807) is 0 Å². The predicted octanol–water partition coefficient (Wildman–Crippen LogP) is 7.88. The van der Waals surface area contributed by atoms with Crippen molar-refractivity contribution in [2.75, 3.05) is 50.2 Å². The van der Waals surface area contributed by atoms with Gasteiger partial charge in [0.05, 0.1) is 24.5 Å². The number of anilines is 2. The summed E-state index contributed by atoms with van der Waals surface area (Å²) in [5, 5.41) is 6.48. The number of benzene rings is 4. The fourth-order valence-electron chi connectivity index (χ4n) is 5.90. The van der Waals surface area contributed by atoms with Crippen LogP contribution in [0.15, 0.2) is 78.9 Å². The van der Waals surface area contributed by atoms with Crippen molar-refractivity contribution >= 4 is 39.9 Å². The van der Waals surface area contributed by atoms with Gasteiger partial charge in [0.15, 0.2) is 24.3 Å². The molecule has 37 heavy (non-hydrogen) atoms. The van der Waals surface area contributed by atoms with E-state index >= 15 is 0 Å². The average molecular weight is 506 g/mol. The molecule has 2 aliphatic rings. The van der Waals surface area contributed by atoms with Gasteiger partial charge in [0, 0.05) is 30.4 Å². The SMILES string of the molecule is Cc1ccccc1-c1c2ccc3c(c2[p+](-c2ccccc2)c2c4c(ccc12)N(C)CCO4)OCCN3C. The number of hydrogen-bond donors (Lipinski definition) is 0. The van der Waals surface area contributed by atoms with Crippen molar-refractivity contribution in [2.45, 2.75) is 6.92 Å². The lowest BCUT2D eigenvalue weighted by atomic mass is 9.94. The van der Waals surface area contributed by atoms with Gasteiger partial charge in [-0.15, -0.1) is 0 Å². The van der Waals surface area contributed by atoms with Gasteiger partial charge in [-0.05, 0) is 54.4 Å². The van der Waals surface area contributed by atoms with Crippen LogP contribution < -0.4 is 19.3 Å². The topological polar surface area (TPSA) is 24.9 Å². The molecule has 3 heterocycles. The van der Waals surface area contributed by atoms with Gasteiger partial charge in [0.2, 0.25) is 10.2 Å². The van der Waals surface area contributed by atoms with Crippen LogP contribution in [0.25, 0.3) is 37.4 Å². The van der Waals surface area contributed by atoms with Crippen molar-refractivity contribution in [3.63, 3.8) is 0 Å². The van der Waals surface area contributed by atoms with Gasteiger partial charge in [0.25, 0.3) is 0 Å². The molecule has 0 fully saturated rings. The van der Waals surface area contributed by atoms with Gasteiger partial charge in [-0.1, -0.05) is 42.5 Å². The minimum absolute atomic E-state index is 0.691. The van der Waals surface area contributed by atoms with E-state index in [1.807, 2.05) is 0 Å². The summed E-state index contributed by atoms with van der Waals surface area (Å²) >= 11 is 0. The Kier molecular flexibility index (Phi) is 5.26. The summed E-state index contributed by atoms with van der Waals surface area (Å²) in [6.45, 7) is 5.38. The first-order valence-corrected chi connectivity index (χ1v) is 14.3. The van der Waals surface area contributed by atoms with Crippen LogP contribution in [0.3, 0.4) is 0 Å². The Morgan fingerprint density at radius 2 is 1.19 bits per heavy atom. The van der Waals surface area contributed by atoms with E-state index in [-0.39, 0.29) is 0 Å². The Balaban J connectivity index is 1.77. The maximum atomic E-state index is 6.55. The number of nitrogens with zero attached hydrogens (tertiary/aromatic N) is 2. The van der Waals surface area contributed by atoms with Gasteiger partial charge in [-0.25, -0.2) is 0 Å². The Morgan fingerprint density at radius 1 is 0.649 bits per heavy atom. The lowest BCUT2D eigenvalue weighted by molar-refractivity contribution is 0.315. The molecule has 2 aliphatic heterocycles. The standard InChI is InChI=1S/C32H30N2O2P/c1-21-9-7-8-12-23(21)28-24-13-15-26-29(35-19-17-33(26)2)31(24)37(22-10-5-4-6-11-22)32-25(28)14-16-27-30(32)36-20-18-34(27)3/h4-16H,17-20H2,1-3H3/q+1. The summed E-state index contributed by atoms with van der Waals surface area (Å²) in [4.78, 5) is 4.65. The molecule has 0 saturated carbocycles. The summed E-state index contributed by atoms with van der Waals surface area (Å²) in [5.41, 5.74) is 6.15. The van der Waals surface area contributed by atoms with Crippen LogP contribution in [0.5, 0.6) is 11.5 Å². The molecule has 5 heteroatoms. The lowest BCUT2D eigenvalue weighted by Crippen LogP contribution is -2.29. The molecule has 1 aromatic heterocycles. The molecule has 0 unspecified atom stereocenters. The Labute approximate surface area is 218 Å². The Bertz CT molecular complexity index is 1600. The summed E-state index contributed by atoms with van der Waals surface area (Å²) in [6, 6.07) is 28.8. The van der Waals surface area contributed by atoms with E-state index in [0.29, 0.717) is 13.2 Å². The van der Waals surface area contributed by atoms with Gasteiger partial charge >= 0.3 is 0 Å². The molecule has 5 aromatic rings. The molecule has 0 saturated heterocycles. The second-order valence-corrected chi connectivity index (χ2v) is 12.1. The van der Waals surface area contributed by atoms with Gasteiger partial charge in [-0.3, -0.25) is 0 Å². The molecule has 7 rings (SSSR count). The molecule has 4 nitrogen and oxygen atoms in total. The first-order chi connectivity index (χ1) is 18.1. The highest BCUT2D eigenvalue weighted by Gasteiger charge is 2.36. The first kappa shape index (κ1) is 22.4. The molecular weight excluding hydrogens is 475 g/mol. The van der Waals surface area contributed by atoms with E-state index in [2.05, 4.69) is 110 Å². The number of likely N-dealkylation sites (N-methyl/N-ethyl adjacent to an activating group) is 2. The summed E-state index contributed by atoms with van der Waals surface area (Å²) in [5.74, 6) is 2.06. The zero-order valence-corrected chi connectivity index (χ0v) is 22.4. The molecule has 0 bridgehead atoms. The van der Waals surface area contributed by atoms with E-state index in [9.17, 15) is 0 Å². The third kappa shape index (κ3) is 3.39. The molecule has 0 radical (unpaired) electrons. The normalized spacial score (nSPS) is 14.8. The first-order valence-electron chi connectivity index (χ1n) is 12.9. The number of hydrogen-bond acceptors (Lipinski definition) is 4. The molecule has 4 aromatic carbocycles. The number of rotatable bonds is 2. The molecule has 0 aliphatic carbocycles. The largest absolute Gasteiger partial charge is 0.485 e. The van der Waals surface area contributed by atoms with Crippen LogP contribution in [0, 0.1) is 6.92 Å². The molecule has 0 N–H and O–H groups in total. The highest BCUT2D eigenvalue weighted by atomic mass is 31.1. The number of fused-ring (bicyclic) bond motifs is 6.